The summed E-state index contributed by atoms with van der Waals surface area (Å²) in [6.45, 7) is 9.68. The molecule has 1 heterocycles. The topological polar surface area (TPSA) is 33.5 Å². The van der Waals surface area contributed by atoms with Crippen molar-refractivity contribution in [2.75, 3.05) is 13.1 Å². The Bertz CT molecular complexity index is 349. The predicted octanol–water partition coefficient (Wildman–Crippen LogP) is 3.55. The van der Waals surface area contributed by atoms with Gasteiger partial charge in [0.1, 0.15) is 5.76 Å². The first-order valence-electron chi connectivity index (χ1n) is 6.45. The van der Waals surface area contributed by atoms with Crippen molar-refractivity contribution < 1.29 is 9.21 Å². The van der Waals surface area contributed by atoms with E-state index in [4.69, 9.17) is 4.42 Å². The Labute approximate surface area is 104 Å². The van der Waals surface area contributed by atoms with Gasteiger partial charge in [0.2, 0.25) is 0 Å². The van der Waals surface area contributed by atoms with Gasteiger partial charge in [-0.25, -0.2) is 0 Å². The highest BCUT2D eigenvalue weighted by molar-refractivity contribution is 5.96. The van der Waals surface area contributed by atoms with Gasteiger partial charge >= 0.3 is 0 Å². The van der Waals surface area contributed by atoms with Gasteiger partial charge in [0.05, 0.1) is 11.8 Å². The molecule has 0 fully saturated rings. The number of hydrogen-bond donors (Lipinski definition) is 0. The zero-order chi connectivity index (χ0) is 12.8. The molecule has 1 aromatic rings. The standard InChI is InChI=1S/C14H23NO2/c1-5-7-9-15(8-6-2)14(16)13-11(3)10-17-12(13)4/h10H,5-9H2,1-4H3. The molecule has 0 radical (unpaired) electrons. The molecule has 0 bridgehead atoms. The molecule has 1 amide bonds. The molecule has 0 saturated heterocycles. The van der Waals surface area contributed by atoms with Gasteiger partial charge in [-0.2, -0.15) is 0 Å². The van der Waals surface area contributed by atoms with Crippen LogP contribution in [0.4, 0.5) is 0 Å². The van der Waals surface area contributed by atoms with Crippen LogP contribution < -0.4 is 0 Å². The molecule has 0 aliphatic rings. The molecular formula is C14H23NO2. The van der Waals surface area contributed by atoms with Crippen molar-refractivity contribution in [2.45, 2.75) is 47.0 Å². The smallest absolute Gasteiger partial charge is 0.257 e. The summed E-state index contributed by atoms with van der Waals surface area (Å²) >= 11 is 0. The highest BCUT2D eigenvalue weighted by atomic mass is 16.3. The van der Waals surface area contributed by atoms with Crippen molar-refractivity contribution in [1.29, 1.82) is 0 Å². The summed E-state index contributed by atoms with van der Waals surface area (Å²) in [6, 6.07) is 0. The number of nitrogens with zero attached hydrogens (tertiary/aromatic N) is 1. The van der Waals surface area contributed by atoms with E-state index in [1.807, 2.05) is 18.7 Å². The van der Waals surface area contributed by atoms with Crippen LogP contribution in [0.25, 0.3) is 0 Å². The Morgan fingerprint density at radius 2 is 1.94 bits per heavy atom. The maximum atomic E-state index is 12.4. The number of aryl methyl sites for hydroxylation is 2. The molecule has 0 unspecified atom stereocenters. The number of carbonyl (C=O) groups is 1. The molecule has 0 aliphatic carbocycles. The Morgan fingerprint density at radius 1 is 1.24 bits per heavy atom. The maximum absolute atomic E-state index is 12.4. The highest BCUT2D eigenvalue weighted by Gasteiger charge is 2.20. The number of furan rings is 1. The molecule has 0 spiro atoms. The van der Waals surface area contributed by atoms with E-state index in [9.17, 15) is 4.79 Å². The van der Waals surface area contributed by atoms with Gasteiger partial charge in [-0.15, -0.1) is 0 Å². The quantitative estimate of drug-likeness (QED) is 0.758. The zero-order valence-electron chi connectivity index (χ0n) is 11.4. The van der Waals surface area contributed by atoms with E-state index in [0.717, 1.165) is 49.2 Å². The van der Waals surface area contributed by atoms with Crippen molar-refractivity contribution in [3.63, 3.8) is 0 Å². The van der Waals surface area contributed by atoms with Crippen LogP contribution in [-0.2, 0) is 0 Å². The number of carbonyl (C=O) groups excluding carboxylic acids is 1. The lowest BCUT2D eigenvalue weighted by Crippen LogP contribution is -2.33. The molecule has 0 aromatic carbocycles. The van der Waals surface area contributed by atoms with E-state index < -0.39 is 0 Å². The minimum atomic E-state index is 0.115. The van der Waals surface area contributed by atoms with Gasteiger partial charge in [-0.1, -0.05) is 20.3 Å². The van der Waals surface area contributed by atoms with Gasteiger partial charge in [-0.05, 0) is 26.7 Å². The monoisotopic (exact) mass is 237 g/mol. The van der Waals surface area contributed by atoms with E-state index in [1.165, 1.54) is 0 Å². The van der Waals surface area contributed by atoms with E-state index in [-0.39, 0.29) is 5.91 Å². The summed E-state index contributed by atoms with van der Waals surface area (Å²) in [5, 5.41) is 0. The molecule has 0 atom stereocenters. The van der Waals surface area contributed by atoms with Gasteiger partial charge < -0.3 is 9.32 Å². The summed E-state index contributed by atoms with van der Waals surface area (Å²) in [7, 11) is 0. The van der Waals surface area contributed by atoms with Crippen molar-refractivity contribution in [1.82, 2.24) is 4.90 Å². The van der Waals surface area contributed by atoms with Crippen molar-refractivity contribution in [3.05, 3.63) is 23.2 Å². The SMILES string of the molecule is CCCCN(CCC)C(=O)c1c(C)coc1C. The highest BCUT2D eigenvalue weighted by Crippen LogP contribution is 2.18. The van der Waals surface area contributed by atoms with Gasteiger partial charge in [-0.3, -0.25) is 4.79 Å². The van der Waals surface area contributed by atoms with E-state index in [2.05, 4.69) is 13.8 Å². The second kappa shape index (κ2) is 6.48. The van der Waals surface area contributed by atoms with Crippen molar-refractivity contribution in [3.8, 4) is 0 Å². The lowest BCUT2D eigenvalue weighted by atomic mass is 10.1. The fraction of sp³-hybridized carbons (Fsp3) is 0.643. The molecule has 3 nitrogen and oxygen atoms in total. The van der Waals surface area contributed by atoms with Crippen LogP contribution >= 0.6 is 0 Å². The summed E-state index contributed by atoms with van der Waals surface area (Å²) in [4.78, 5) is 14.3. The molecule has 0 N–H and O–H groups in total. The van der Waals surface area contributed by atoms with Crippen LogP contribution in [0.1, 0.15) is 54.8 Å². The predicted molar refractivity (Wildman–Crippen MR) is 69.3 cm³/mol. The van der Waals surface area contributed by atoms with Gasteiger partial charge in [0.15, 0.2) is 0 Å². The first-order chi connectivity index (χ1) is 8.11. The largest absolute Gasteiger partial charge is 0.469 e. The Kier molecular flexibility index (Phi) is 5.26. The van der Waals surface area contributed by atoms with Crippen molar-refractivity contribution in [2.24, 2.45) is 0 Å². The summed E-state index contributed by atoms with van der Waals surface area (Å²) in [6.07, 6.45) is 4.82. The third-order valence-electron chi connectivity index (χ3n) is 2.94. The summed E-state index contributed by atoms with van der Waals surface area (Å²) in [5.41, 5.74) is 1.68. The fourth-order valence-corrected chi connectivity index (χ4v) is 1.98. The van der Waals surface area contributed by atoms with E-state index >= 15 is 0 Å². The average Bonchev–Trinajstić information content (AvgIpc) is 2.63. The Balaban J connectivity index is 2.83. The number of amides is 1. The molecule has 3 heteroatoms. The minimum absolute atomic E-state index is 0.115. The first kappa shape index (κ1) is 13.8. The second-order valence-electron chi connectivity index (χ2n) is 4.50. The lowest BCUT2D eigenvalue weighted by Gasteiger charge is -2.22. The molecular weight excluding hydrogens is 214 g/mol. The Morgan fingerprint density at radius 3 is 2.41 bits per heavy atom. The molecule has 17 heavy (non-hydrogen) atoms. The molecule has 96 valence electrons. The van der Waals surface area contributed by atoms with Crippen LogP contribution in [0.2, 0.25) is 0 Å². The van der Waals surface area contributed by atoms with E-state index in [1.54, 1.807) is 6.26 Å². The van der Waals surface area contributed by atoms with Gasteiger partial charge in [0.25, 0.3) is 5.91 Å². The van der Waals surface area contributed by atoms with Crippen molar-refractivity contribution >= 4 is 5.91 Å². The second-order valence-corrected chi connectivity index (χ2v) is 4.50. The molecule has 0 saturated carbocycles. The van der Waals surface area contributed by atoms with Crippen LogP contribution in [0, 0.1) is 13.8 Å². The van der Waals surface area contributed by atoms with Crippen LogP contribution in [0.15, 0.2) is 10.7 Å². The number of unbranched alkanes of at least 4 members (excludes halogenated alkanes) is 1. The summed E-state index contributed by atoms with van der Waals surface area (Å²) in [5.74, 6) is 0.842. The average molecular weight is 237 g/mol. The lowest BCUT2D eigenvalue weighted by molar-refractivity contribution is 0.0751. The zero-order valence-corrected chi connectivity index (χ0v) is 11.4. The maximum Gasteiger partial charge on any atom is 0.257 e. The molecule has 0 aliphatic heterocycles. The van der Waals surface area contributed by atoms with Crippen LogP contribution in [-0.4, -0.2) is 23.9 Å². The van der Waals surface area contributed by atoms with Gasteiger partial charge in [0, 0.05) is 18.7 Å². The van der Waals surface area contributed by atoms with Crippen LogP contribution in [0.5, 0.6) is 0 Å². The van der Waals surface area contributed by atoms with Crippen LogP contribution in [0.3, 0.4) is 0 Å². The van der Waals surface area contributed by atoms with E-state index in [0.29, 0.717) is 0 Å². The first-order valence-corrected chi connectivity index (χ1v) is 6.45. The number of rotatable bonds is 6. The molecule has 1 aromatic heterocycles. The summed E-state index contributed by atoms with van der Waals surface area (Å²) < 4.78 is 5.30. The number of hydrogen-bond acceptors (Lipinski definition) is 2. The Hall–Kier alpha value is -1.25. The fourth-order valence-electron chi connectivity index (χ4n) is 1.98. The molecule has 1 rings (SSSR count). The normalized spacial score (nSPS) is 10.6. The minimum Gasteiger partial charge on any atom is -0.469 e. The third kappa shape index (κ3) is 3.35. The third-order valence-corrected chi connectivity index (χ3v) is 2.94.